The largest absolute Gasteiger partial charge is 0.387 e. The lowest BCUT2D eigenvalue weighted by molar-refractivity contribution is 0.181. The fourth-order valence-corrected chi connectivity index (χ4v) is 3.40. The number of benzene rings is 1. The van der Waals surface area contributed by atoms with E-state index in [1.807, 2.05) is 12.1 Å². The average Bonchev–Trinajstić information content (AvgIpc) is 2.83. The highest BCUT2D eigenvalue weighted by molar-refractivity contribution is 9.10. The summed E-state index contributed by atoms with van der Waals surface area (Å²) in [5.74, 6) is -0.278. The third-order valence-corrected chi connectivity index (χ3v) is 5.22. The highest BCUT2D eigenvalue weighted by atomic mass is 79.9. The molecule has 1 nitrogen and oxygen atoms in total. The van der Waals surface area contributed by atoms with Gasteiger partial charge in [-0.25, -0.2) is 4.39 Å². The van der Waals surface area contributed by atoms with Crippen molar-refractivity contribution in [1.82, 2.24) is 0 Å². The second-order valence-corrected chi connectivity index (χ2v) is 7.94. The van der Waals surface area contributed by atoms with Gasteiger partial charge in [-0.1, -0.05) is 36.7 Å². The van der Waals surface area contributed by atoms with Gasteiger partial charge in [0.1, 0.15) is 5.82 Å². The Bertz CT molecular complexity index is 601. The summed E-state index contributed by atoms with van der Waals surface area (Å²) in [6.45, 7) is 6.43. The fraction of sp³-hybridized carbons (Fsp3) is 0.375. The number of aliphatic hydroxyl groups is 1. The van der Waals surface area contributed by atoms with E-state index in [0.29, 0.717) is 5.56 Å². The number of thiophene rings is 1. The van der Waals surface area contributed by atoms with Crippen molar-refractivity contribution >= 4 is 27.3 Å². The van der Waals surface area contributed by atoms with Crippen LogP contribution in [0, 0.1) is 5.82 Å². The van der Waals surface area contributed by atoms with Gasteiger partial charge in [-0.2, -0.15) is 0 Å². The summed E-state index contributed by atoms with van der Waals surface area (Å²) in [5, 5.41) is 10.3. The molecule has 4 heteroatoms. The second-order valence-electron chi connectivity index (χ2n) is 5.91. The summed E-state index contributed by atoms with van der Waals surface area (Å²) in [5.41, 5.74) is 0.599. The van der Waals surface area contributed by atoms with Crippen molar-refractivity contribution < 1.29 is 9.50 Å². The maximum atomic E-state index is 13.7. The Balaban J connectivity index is 2.18. The number of rotatable bonds is 3. The maximum Gasteiger partial charge on any atom is 0.126 e. The molecule has 20 heavy (non-hydrogen) atoms. The van der Waals surface area contributed by atoms with Crippen LogP contribution in [0.5, 0.6) is 0 Å². The van der Waals surface area contributed by atoms with Crippen molar-refractivity contribution in [2.45, 2.75) is 38.7 Å². The molecule has 1 aromatic heterocycles. The minimum absolute atomic E-state index is 0.0731. The van der Waals surface area contributed by atoms with Crippen LogP contribution >= 0.6 is 27.3 Å². The molecule has 1 N–H and O–H groups in total. The van der Waals surface area contributed by atoms with E-state index in [4.69, 9.17) is 0 Å². The topological polar surface area (TPSA) is 20.2 Å². The first kappa shape index (κ1) is 15.7. The van der Waals surface area contributed by atoms with Gasteiger partial charge in [0.05, 0.1) is 6.10 Å². The maximum absolute atomic E-state index is 13.7. The molecule has 0 saturated heterocycles. The molecule has 1 aromatic carbocycles. The van der Waals surface area contributed by atoms with Gasteiger partial charge >= 0.3 is 0 Å². The standard InChI is InChI=1S/C16H18BrFOS/c1-16(2,3)15-7-6-14(20-15)13(19)9-10-8-11(17)4-5-12(10)18/h4-8,13,19H,9H2,1-3H3. The molecule has 0 amide bonds. The van der Waals surface area contributed by atoms with E-state index in [0.717, 1.165) is 9.35 Å². The van der Waals surface area contributed by atoms with Gasteiger partial charge in [-0.3, -0.25) is 0 Å². The van der Waals surface area contributed by atoms with Crippen LogP contribution in [0.1, 0.15) is 42.2 Å². The summed E-state index contributed by atoms with van der Waals surface area (Å²) in [6, 6.07) is 8.78. The molecule has 0 spiro atoms. The lowest BCUT2D eigenvalue weighted by atomic mass is 9.95. The van der Waals surface area contributed by atoms with Crippen LogP contribution in [0.4, 0.5) is 4.39 Å². The summed E-state index contributed by atoms with van der Waals surface area (Å²) in [7, 11) is 0. The lowest BCUT2D eigenvalue weighted by Crippen LogP contribution is -2.08. The zero-order chi connectivity index (χ0) is 14.9. The predicted octanol–water partition coefficient (Wildman–Crippen LogP) is 5.22. The third kappa shape index (κ3) is 3.68. The minimum atomic E-state index is -0.667. The van der Waals surface area contributed by atoms with E-state index < -0.39 is 6.10 Å². The van der Waals surface area contributed by atoms with Crippen LogP contribution in [-0.2, 0) is 11.8 Å². The molecule has 2 rings (SSSR count). The Morgan fingerprint density at radius 2 is 1.95 bits per heavy atom. The van der Waals surface area contributed by atoms with Crippen molar-refractivity contribution in [2.24, 2.45) is 0 Å². The summed E-state index contributed by atoms with van der Waals surface area (Å²) in [4.78, 5) is 2.11. The van der Waals surface area contributed by atoms with Crippen molar-refractivity contribution in [1.29, 1.82) is 0 Å². The molecular formula is C16H18BrFOS. The third-order valence-electron chi connectivity index (χ3n) is 3.12. The Kier molecular flexibility index (Phi) is 4.67. The highest BCUT2D eigenvalue weighted by Gasteiger charge is 2.19. The van der Waals surface area contributed by atoms with Crippen LogP contribution in [0.25, 0.3) is 0 Å². The first-order chi connectivity index (χ1) is 9.27. The van der Waals surface area contributed by atoms with E-state index in [-0.39, 0.29) is 17.7 Å². The first-order valence-corrected chi connectivity index (χ1v) is 8.10. The van der Waals surface area contributed by atoms with Crippen LogP contribution in [0.15, 0.2) is 34.8 Å². The first-order valence-electron chi connectivity index (χ1n) is 6.49. The van der Waals surface area contributed by atoms with E-state index >= 15 is 0 Å². The molecule has 0 aliphatic heterocycles. The molecule has 0 aliphatic rings. The molecular weight excluding hydrogens is 339 g/mol. The van der Waals surface area contributed by atoms with E-state index in [2.05, 4.69) is 36.7 Å². The molecule has 0 fully saturated rings. The van der Waals surface area contributed by atoms with Crippen LogP contribution < -0.4 is 0 Å². The van der Waals surface area contributed by atoms with Crippen molar-refractivity contribution in [3.8, 4) is 0 Å². The zero-order valence-electron chi connectivity index (χ0n) is 11.8. The van der Waals surface area contributed by atoms with E-state index in [9.17, 15) is 9.50 Å². The SMILES string of the molecule is CC(C)(C)c1ccc(C(O)Cc2cc(Br)ccc2F)s1. The van der Waals surface area contributed by atoms with Gasteiger partial charge in [0.15, 0.2) is 0 Å². The van der Waals surface area contributed by atoms with Gasteiger partial charge < -0.3 is 5.11 Å². The molecule has 1 unspecified atom stereocenters. The van der Waals surface area contributed by atoms with E-state index in [1.54, 1.807) is 23.5 Å². The Morgan fingerprint density at radius 3 is 2.55 bits per heavy atom. The number of hydrogen-bond acceptors (Lipinski definition) is 2. The molecule has 1 atom stereocenters. The molecule has 1 heterocycles. The van der Waals surface area contributed by atoms with Crippen molar-refractivity contribution in [3.05, 3.63) is 55.9 Å². The monoisotopic (exact) mass is 356 g/mol. The predicted molar refractivity (Wildman–Crippen MR) is 85.8 cm³/mol. The number of aliphatic hydroxyl groups excluding tert-OH is 1. The van der Waals surface area contributed by atoms with Gasteiger partial charge in [0.2, 0.25) is 0 Å². The van der Waals surface area contributed by atoms with Crippen LogP contribution in [0.2, 0.25) is 0 Å². The fourth-order valence-electron chi connectivity index (χ4n) is 1.94. The molecule has 108 valence electrons. The summed E-state index contributed by atoms with van der Waals surface area (Å²) in [6.07, 6.45) is -0.380. The van der Waals surface area contributed by atoms with Gasteiger partial charge in [0.25, 0.3) is 0 Å². The van der Waals surface area contributed by atoms with Gasteiger partial charge in [-0.05, 0) is 41.3 Å². The van der Waals surface area contributed by atoms with E-state index in [1.165, 1.54) is 10.9 Å². The van der Waals surface area contributed by atoms with Crippen molar-refractivity contribution in [3.63, 3.8) is 0 Å². The number of halogens is 2. The quantitative estimate of drug-likeness (QED) is 0.798. The Hall–Kier alpha value is -0.710. The Labute approximate surface area is 131 Å². The van der Waals surface area contributed by atoms with Gasteiger partial charge in [-0.15, -0.1) is 11.3 Å². The minimum Gasteiger partial charge on any atom is -0.387 e. The molecule has 0 aliphatic carbocycles. The van der Waals surface area contributed by atoms with Crippen LogP contribution in [-0.4, -0.2) is 5.11 Å². The molecule has 0 radical (unpaired) electrons. The second kappa shape index (κ2) is 5.96. The molecule has 2 aromatic rings. The smallest absolute Gasteiger partial charge is 0.126 e. The summed E-state index contributed by atoms with van der Waals surface area (Å²) < 4.78 is 14.5. The molecule has 0 bridgehead atoms. The van der Waals surface area contributed by atoms with Crippen molar-refractivity contribution in [2.75, 3.05) is 0 Å². The summed E-state index contributed by atoms with van der Waals surface area (Å²) >= 11 is 4.92. The van der Waals surface area contributed by atoms with Gasteiger partial charge in [0, 0.05) is 20.6 Å². The Morgan fingerprint density at radius 1 is 1.25 bits per heavy atom. The number of hydrogen-bond donors (Lipinski definition) is 1. The average molecular weight is 357 g/mol. The highest BCUT2D eigenvalue weighted by Crippen LogP contribution is 2.33. The molecule has 0 saturated carbocycles. The van der Waals surface area contributed by atoms with Crippen LogP contribution in [0.3, 0.4) is 0 Å². The zero-order valence-corrected chi connectivity index (χ0v) is 14.2. The normalized spacial score (nSPS) is 13.5. The lowest BCUT2D eigenvalue weighted by Gasteiger charge is -2.16.